The second-order valence-electron chi connectivity index (χ2n) is 8.82. The van der Waals surface area contributed by atoms with E-state index in [0.717, 1.165) is 12.0 Å². The van der Waals surface area contributed by atoms with Gasteiger partial charge in [0.25, 0.3) is 5.91 Å². The third kappa shape index (κ3) is 5.57. The number of nitrogens with zero attached hydrogens (tertiary/aromatic N) is 2. The molecule has 204 valence electrons. The fourth-order valence-electron chi connectivity index (χ4n) is 4.19. The molecule has 0 radical (unpaired) electrons. The van der Waals surface area contributed by atoms with Crippen molar-refractivity contribution in [2.24, 2.45) is 5.10 Å². The number of para-hydroxylation sites is 1. The highest BCUT2D eigenvalue weighted by molar-refractivity contribution is 8.14. The fourth-order valence-corrected chi connectivity index (χ4v) is 5.36. The first kappa shape index (κ1) is 27.0. The van der Waals surface area contributed by atoms with Crippen molar-refractivity contribution in [3.8, 4) is 11.5 Å². The molecule has 4 aromatic rings. The van der Waals surface area contributed by atoms with Gasteiger partial charge in [0, 0.05) is 16.7 Å². The maximum Gasteiger partial charge on any atom is 0.371 e. The number of amides is 1. The Hall–Kier alpha value is -4.57. The summed E-state index contributed by atoms with van der Waals surface area (Å²) in [5.41, 5.74) is 2.89. The number of aryl methyl sites for hydroxylation is 1. The summed E-state index contributed by atoms with van der Waals surface area (Å²) in [5, 5.41) is 15.1. The second kappa shape index (κ2) is 11.7. The zero-order valence-corrected chi connectivity index (χ0v) is 22.5. The minimum atomic E-state index is -1.17. The number of halogens is 1. The molecule has 10 heteroatoms. The molecule has 40 heavy (non-hydrogen) atoms. The molecular formula is C30H25FN2O6S. The van der Waals surface area contributed by atoms with Crippen molar-refractivity contribution < 1.29 is 33.0 Å². The molecule has 3 aromatic carbocycles. The van der Waals surface area contributed by atoms with Crippen LogP contribution in [0.5, 0.6) is 11.5 Å². The molecule has 2 heterocycles. The van der Waals surface area contributed by atoms with Crippen molar-refractivity contribution >= 4 is 28.7 Å². The minimum absolute atomic E-state index is 0.0331. The summed E-state index contributed by atoms with van der Waals surface area (Å²) in [5.74, 6) is -0.935. The molecule has 1 amide bonds. The third-order valence-electron chi connectivity index (χ3n) is 6.27. The lowest BCUT2D eigenvalue weighted by atomic mass is 10.1. The molecule has 0 saturated heterocycles. The van der Waals surface area contributed by atoms with Gasteiger partial charge in [0.05, 0.1) is 7.11 Å². The van der Waals surface area contributed by atoms with E-state index in [-0.39, 0.29) is 24.1 Å². The molecule has 0 fully saturated rings. The van der Waals surface area contributed by atoms with Crippen LogP contribution >= 0.6 is 11.8 Å². The fraction of sp³-hybridized carbons (Fsp3) is 0.167. The van der Waals surface area contributed by atoms with Crippen LogP contribution in [0.25, 0.3) is 0 Å². The molecule has 1 N–H and O–H groups in total. The average molecular weight is 561 g/mol. The van der Waals surface area contributed by atoms with Crippen molar-refractivity contribution in [2.75, 3.05) is 7.11 Å². The topological polar surface area (TPSA) is 102 Å². The summed E-state index contributed by atoms with van der Waals surface area (Å²) >= 11 is 1.33. The number of methoxy groups -OCH3 is 1. The number of ether oxygens (including phenoxy) is 2. The van der Waals surface area contributed by atoms with E-state index in [1.165, 1.54) is 48.1 Å². The van der Waals surface area contributed by atoms with E-state index in [1.54, 1.807) is 36.4 Å². The Labute approximate surface area is 234 Å². The van der Waals surface area contributed by atoms with Crippen molar-refractivity contribution in [1.82, 2.24) is 5.01 Å². The molecule has 8 nitrogen and oxygen atoms in total. The van der Waals surface area contributed by atoms with Crippen LogP contribution in [0, 0.1) is 5.82 Å². The summed E-state index contributed by atoms with van der Waals surface area (Å²) in [4.78, 5) is 24.9. The number of benzene rings is 3. The van der Waals surface area contributed by atoms with Gasteiger partial charge in [0.2, 0.25) is 5.76 Å². The number of furan rings is 1. The maximum atomic E-state index is 13.7. The standard InChI is InChI=1S/C30H25FN2O6S/c1-3-18-7-9-20(10-8-18)28(34)33-29(40-27(32-33)19-11-13-21(31)14-12-19)23-5-4-6-24(26(23)37-2)38-17-22-15-16-25(39-22)30(35)36/h4-16,29H,3,17H2,1-2H3,(H,35,36). The highest BCUT2D eigenvalue weighted by Gasteiger charge is 2.37. The van der Waals surface area contributed by atoms with Gasteiger partial charge in [-0.05, 0) is 66.6 Å². The molecule has 0 aliphatic carbocycles. The predicted octanol–water partition coefficient (Wildman–Crippen LogP) is 6.52. The zero-order valence-electron chi connectivity index (χ0n) is 21.7. The lowest BCUT2D eigenvalue weighted by Crippen LogP contribution is -2.26. The number of aromatic carboxylic acids is 1. The molecular weight excluding hydrogens is 535 g/mol. The van der Waals surface area contributed by atoms with Crippen LogP contribution in [-0.2, 0) is 13.0 Å². The Morgan fingerprint density at radius 3 is 2.45 bits per heavy atom. The maximum absolute atomic E-state index is 13.7. The minimum Gasteiger partial charge on any atom is -0.492 e. The smallest absolute Gasteiger partial charge is 0.371 e. The zero-order chi connectivity index (χ0) is 28.2. The van der Waals surface area contributed by atoms with E-state index in [4.69, 9.17) is 19.0 Å². The Balaban J connectivity index is 1.48. The van der Waals surface area contributed by atoms with Crippen LogP contribution in [0.1, 0.15) is 55.7 Å². The van der Waals surface area contributed by atoms with Gasteiger partial charge in [-0.2, -0.15) is 5.10 Å². The van der Waals surface area contributed by atoms with E-state index in [0.29, 0.717) is 39.0 Å². The summed E-state index contributed by atoms with van der Waals surface area (Å²) in [6.45, 7) is 2.01. The molecule has 1 aromatic heterocycles. The van der Waals surface area contributed by atoms with Gasteiger partial charge in [0.1, 0.15) is 28.6 Å². The molecule has 5 rings (SSSR count). The lowest BCUT2D eigenvalue weighted by Gasteiger charge is -2.24. The first-order valence-corrected chi connectivity index (χ1v) is 13.3. The average Bonchev–Trinajstić information content (AvgIpc) is 3.64. The highest BCUT2D eigenvalue weighted by atomic mass is 32.2. The van der Waals surface area contributed by atoms with Crippen molar-refractivity contribution in [1.29, 1.82) is 0 Å². The van der Waals surface area contributed by atoms with Gasteiger partial charge in [-0.25, -0.2) is 14.2 Å². The van der Waals surface area contributed by atoms with E-state index < -0.39 is 11.3 Å². The summed E-state index contributed by atoms with van der Waals surface area (Å²) < 4.78 is 30.6. The van der Waals surface area contributed by atoms with Crippen molar-refractivity contribution in [3.05, 3.63) is 118 Å². The lowest BCUT2D eigenvalue weighted by molar-refractivity contribution is 0.0657. The van der Waals surface area contributed by atoms with Crippen LogP contribution < -0.4 is 9.47 Å². The van der Waals surface area contributed by atoms with Crippen LogP contribution in [0.15, 0.2) is 88.4 Å². The Bertz CT molecular complexity index is 1570. The molecule has 0 spiro atoms. The second-order valence-corrected chi connectivity index (χ2v) is 9.89. The largest absolute Gasteiger partial charge is 0.492 e. The van der Waals surface area contributed by atoms with Crippen LogP contribution in [-0.4, -0.2) is 34.1 Å². The van der Waals surface area contributed by atoms with Crippen LogP contribution in [0.2, 0.25) is 0 Å². The summed E-state index contributed by atoms with van der Waals surface area (Å²) in [6.07, 6.45) is 0.850. The van der Waals surface area contributed by atoms with E-state index >= 15 is 0 Å². The van der Waals surface area contributed by atoms with E-state index in [9.17, 15) is 14.0 Å². The number of hydrogen-bond acceptors (Lipinski definition) is 7. The monoisotopic (exact) mass is 560 g/mol. The molecule has 0 bridgehead atoms. The normalized spacial score (nSPS) is 14.6. The van der Waals surface area contributed by atoms with Gasteiger partial charge in [-0.15, -0.1) is 0 Å². The number of hydrazone groups is 1. The first-order valence-electron chi connectivity index (χ1n) is 12.4. The Kier molecular flexibility index (Phi) is 7.88. The van der Waals surface area contributed by atoms with E-state index in [2.05, 4.69) is 5.10 Å². The Morgan fingerprint density at radius 2 is 1.80 bits per heavy atom. The van der Waals surface area contributed by atoms with Gasteiger partial charge < -0.3 is 19.0 Å². The van der Waals surface area contributed by atoms with Gasteiger partial charge in [-0.1, -0.05) is 43.0 Å². The van der Waals surface area contributed by atoms with Gasteiger partial charge in [-0.3, -0.25) is 4.79 Å². The molecule has 1 unspecified atom stereocenters. The summed E-state index contributed by atoms with van der Waals surface area (Å²) in [6, 6.07) is 21.5. The number of hydrogen-bond donors (Lipinski definition) is 1. The SMILES string of the molecule is CCc1ccc(C(=O)N2N=C(c3ccc(F)cc3)SC2c2cccc(OCc3ccc(C(=O)O)o3)c2OC)cc1. The van der Waals surface area contributed by atoms with Crippen molar-refractivity contribution in [3.63, 3.8) is 0 Å². The molecule has 1 atom stereocenters. The number of carboxylic acid groups (broad SMARTS) is 1. The number of carboxylic acids is 1. The highest BCUT2D eigenvalue weighted by Crippen LogP contribution is 2.47. The third-order valence-corrected chi connectivity index (χ3v) is 7.49. The number of thioether (sulfide) groups is 1. The van der Waals surface area contributed by atoms with Crippen molar-refractivity contribution in [2.45, 2.75) is 25.3 Å². The van der Waals surface area contributed by atoms with Gasteiger partial charge >= 0.3 is 5.97 Å². The molecule has 1 aliphatic heterocycles. The quantitative estimate of drug-likeness (QED) is 0.249. The number of carbonyl (C=O) groups excluding carboxylic acids is 1. The van der Waals surface area contributed by atoms with E-state index in [1.807, 2.05) is 25.1 Å². The predicted molar refractivity (Wildman–Crippen MR) is 148 cm³/mol. The Morgan fingerprint density at radius 1 is 1.05 bits per heavy atom. The number of rotatable bonds is 9. The van der Waals surface area contributed by atoms with Gasteiger partial charge in [0.15, 0.2) is 11.5 Å². The summed E-state index contributed by atoms with van der Waals surface area (Å²) in [7, 11) is 1.50. The molecule has 0 saturated carbocycles. The van der Waals surface area contributed by atoms with Crippen LogP contribution in [0.4, 0.5) is 4.39 Å². The molecule has 1 aliphatic rings. The first-order chi connectivity index (χ1) is 19.4. The number of carbonyl (C=O) groups is 2. The van der Waals surface area contributed by atoms with Crippen LogP contribution in [0.3, 0.4) is 0 Å².